The maximum Gasteiger partial charge on any atom is 0.236 e. The average molecular weight is 283 g/mol. The Morgan fingerprint density at radius 3 is 2.05 bits per heavy atom. The molecule has 2 unspecified atom stereocenters. The van der Waals surface area contributed by atoms with Crippen molar-refractivity contribution < 1.29 is 4.79 Å². The van der Waals surface area contributed by atoms with Crippen LogP contribution < -0.4 is 5.32 Å². The van der Waals surface area contributed by atoms with Crippen LogP contribution in [-0.4, -0.2) is 60.5 Å². The molecule has 1 rings (SSSR count). The molecule has 1 aliphatic heterocycles. The molecule has 0 aliphatic carbocycles. The van der Waals surface area contributed by atoms with Crippen LogP contribution in [0.3, 0.4) is 0 Å². The Labute approximate surface area is 124 Å². The molecule has 0 saturated carbocycles. The van der Waals surface area contributed by atoms with E-state index in [0.717, 1.165) is 51.9 Å². The van der Waals surface area contributed by atoms with Crippen LogP contribution >= 0.6 is 0 Å². The predicted octanol–water partition coefficient (Wildman–Crippen LogP) is 2.10. The van der Waals surface area contributed by atoms with Gasteiger partial charge in [0.25, 0.3) is 0 Å². The number of carbonyl (C=O) groups is 1. The van der Waals surface area contributed by atoms with Gasteiger partial charge in [-0.2, -0.15) is 0 Å². The zero-order chi connectivity index (χ0) is 15.0. The summed E-state index contributed by atoms with van der Waals surface area (Å²) in [6, 6.07) is 0.956. The molecular weight excluding hydrogens is 250 g/mol. The first-order valence-electron chi connectivity index (χ1n) is 8.33. The summed E-state index contributed by atoms with van der Waals surface area (Å²) in [6.07, 6.45) is 4.53. The molecule has 0 aromatic carbocycles. The van der Waals surface area contributed by atoms with Crippen LogP contribution in [-0.2, 0) is 4.79 Å². The first-order chi connectivity index (χ1) is 9.56. The molecule has 4 heteroatoms. The number of amides is 1. The molecular formula is C16H33N3O. The van der Waals surface area contributed by atoms with Gasteiger partial charge in [0.05, 0.1) is 6.54 Å². The van der Waals surface area contributed by atoms with Crippen LogP contribution in [0.25, 0.3) is 0 Å². The second kappa shape index (κ2) is 9.35. The van der Waals surface area contributed by atoms with E-state index in [1.165, 1.54) is 0 Å². The summed E-state index contributed by atoms with van der Waals surface area (Å²) in [5, 5.41) is 3.51. The average Bonchev–Trinajstić information content (AvgIpc) is 2.37. The molecule has 118 valence electrons. The third-order valence-corrected chi connectivity index (χ3v) is 3.91. The molecule has 1 N–H and O–H groups in total. The first kappa shape index (κ1) is 17.4. The second-order valence-corrected chi connectivity index (χ2v) is 6.25. The minimum absolute atomic E-state index is 0.313. The molecule has 1 heterocycles. The van der Waals surface area contributed by atoms with Gasteiger partial charge in [-0.3, -0.25) is 9.69 Å². The van der Waals surface area contributed by atoms with E-state index in [4.69, 9.17) is 0 Å². The molecule has 0 bridgehead atoms. The highest BCUT2D eigenvalue weighted by atomic mass is 16.2. The number of carbonyl (C=O) groups excluding carboxylic acids is 1. The summed E-state index contributed by atoms with van der Waals surface area (Å²) >= 11 is 0. The lowest BCUT2D eigenvalue weighted by atomic mass is 10.1. The third kappa shape index (κ3) is 6.23. The third-order valence-electron chi connectivity index (χ3n) is 3.91. The molecule has 1 amide bonds. The number of nitrogens with zero attached hydrogens (tertiary/aromatic N) is 2. The maximum atomic E-state index is 12.5. The van der Waals surface area contributed by atoms with Crippen LogP contribution in [0.1, 0.15) is 53.4 Å². The van der Waals surface area contributed by atoms with Gasteiger partial charge >= 0.3 is 0 Å². The molecule has 4 nitrogen and oxygen atoms in total. The molecule has 1 saturated heterocycles. The lowest BCUT2D eigenvalue weighted by Gasteiger charge is -2.36. The molecule has 1 aliphatic rings. The van der Waals surface area contributed by atoms with Gasteiger partial charge in [0.2, 0.25) is 5.91 Å². The van der Waals surface area contributed by atoms with E-state index in [9.17, 15) is 4.79 Å². The SMILES string of the molecule is CCCCN(CCCC)C(=O)CN1CC(C)NC(C)C1. The summed E-state index contributed by atoms with van der Waals surface area (Å²) in [4.78, 5) is 16.9. The largest absolute Gasteiger partial charge is 0.342 e. The van der Waals surface area contributed by atoms with Crippen molar-refractivity contribution in [1.29, 1.82) is 0 Å². The van der Waals surface area contributed by atoms with Gasteiger partial charge in [0, 0.05) is 38.3 Å². The Balaban J connectivity index is 2.46. The van der Waals surface area contributed by atoms with Gasteiger partial charge in [-0.15, -0.1) is 0 Å². The summed E-state index contributed by atoms with van der Waals surface area (Å²) in [5.41, 5.74) is 0. The fourth-order valence-corrected chi connectivity index (χ4v) is 2.92. The molecule has 20 heavy (non-hydrogen) atoms. The van der Waals surface area contributed by atoms with Gasteiger partial charge in [-0.25, -0.2) is 0 Å². The van der Waals surface area contributed by atoms with Crippen LogP contribution in [0.2, 0.25) is 0 Å². The Bertz CT molecular complexity index is 265. The zero-order valence-corrected chi connectivity index (χ0v) is 13.8. The van der Waals surface area contributed by atoms with Crippen molar-refractivity contribution in [2.45, 2.75) is 65.5 Å². The van der Waals surface area contributed by atoms with Crippen molar-refractivity contribution >= 4 is 5.91 Å². The number of hydrogen-bond acceptors (Lipinski definition) is 3. The van der Waals surface area contributed by atoms with Crippen molar-refractivity contribution in [3.63, 3.8) is 0 Å². The summed E-state index contributed by atoms with van der Waals surface area (Å²) in [7, 11) is 0. The van der Waals surface area contributed by atoms with E-state index in [2.05, 4.69) is 42.8 Å². The second-order valence-electron chi connectivity index (χ2n) is 6.25. The van der Waals surface area contributed by atoms with Gasteiger partial charge < -0.3 is 10.2 Å². The highest BCUT2D eigenvalue weighted by Crippen LogP contribution is 2.06. The highest BCUT2D eigenvalue weighted by Gasteiger charge is 2.24. The van der Waals surface area contributed by atoms with E-state index >= 15 is 0 Å². The van der Waals surface area contributed by atoms with E-state index in [-0.39, 0.29) is 0 Å². The topological polar surface area (TPSA) is 35.6 Å². The summed E-state index contributed by atoms with van der Waals surface area (Å²) in [6.45, 7) is 13.1. The molecule has 0 spiro atoms. The standard InChI is InChI=1S/C16H33N3O/c1-5-7-9-19(10-8-6-2)16(20)13-18-11-14(3)17-15(4)12-18/h14-15,17H,5-13H2,1-4H3. The zero-order valence-electron chi connectivity index (χ0n) is 13.8. The Hall–Kier alpha value is -0.610. The normalized spacial score (nSPS) is 23.8. The van der Waals surface area contributed by atoms with Crippen LogP contribution in [0.15, 0.2) is 0 Å². The lowest BCUT2D eigenvalue weighted by molar-refractivity contribution is -0.133. The quantitative estimate of drug-likeness (QED) is 0.741. The van der Waals surface area contributed by atoms with E-state index in [1.54, 1.807) is 0 Å². The Kier molecular flexibility index (Phi) is 8.15. The molecule has 0 aromatic rings. The van der Waals surface area contributed by atoms with Crippen molar-refractivity contribution in [3.8, 4) is 0 Å². The Morgan fingerprint density at radius 2 is 1.60 bits per heavy atom. The van der Waals surface area contributed by atoms with Crippen LogP contribution in [0, 0.1) is 0 Å². The number of unbranched alkanes of at least 4 members (excludes halogenated alkanes) is 2. The van der Waals surface area contributed by atoms with Crippen molar-refractivity contribution in [2.24, 2.45) is 0 Å². The van der Waals surface area contributed by atoms with Gasteiger partial charge in [0.15, 0.2) is 0 Å². The van der Waals surface area contributed by atoms with Crippen molar-refractivity contribution in [1.82, 2.24) is 15.1 Å². The Morgan fingerprint density at radius 1 is 1.10 bits per heavy atom. The van der Waals surface area contributed by atoms with Gasteiger partial charge in [0.1, 0.15) is 0 Å². The minimum Gasteiger partial charge on any atom is -0.342 e. The van der Waals surface area contributed by atoms with Gasteiger partial charge in [-0.1, -0.05) is 26.7 Å². The summed E-state index contributed by atoms with van der Waals surface area (Å²) in [5.74, 6) is 0.313. The lowest BCUT2D eigenvalue weighted by Crippen LogP contribution is -2.56. The van der Waals surface area contributed by atoms with E-state index < -0.39 is 0 Å². The fourth-order valence-electron chi connectivity index (χ4n) is 2.92. The number of hydrogen-bond donors (Lipinski definition) is 1. The van der Waals surface area contributed by atoms with Crippen LogP contribution in [0.4, 0.5) is 0 Å². The van der Waals surface area contributed by atoms with E-state index in [1.807, 2.05) is 0 Å². The molecule has 0 radical (unpaired) electrons. The van der Waals surface area contributed by atoms with Gasteiger partial charge in [-0.05, 0) is 26.7 Å². The summed E-state index contributed by atoms with van der Waals surface area (Å²) < 4.78 is 0. The molecule has 2 atom stereocenters. The molecule has 1 fully saturated rings. The van der Waals surface area contributed by atoms with Crippen molar-refractivity contribution in [2.75, 3.05) is 32.7 Å². The number of rotatable bonds is 8. The monoisotopic (exact) mass is 283 g/mol. The number of nitrogens with one attached hydrogen (secondary N) is 1. The van der Waals surface area contributed by atoms with Crippen LogP contribution in [0.5, 0.6) is 0 Å². The van der Waals surface area contributed by atoms with Crippen molar-refractivity contribution in [3.05, 3.63) is 0 Å². The molecule has 0 aromatic heterocycles. The highest BCUT2D eigenvalue weighted by molar-refractivity contribution is 5.78. The predicted molar refractivity (Wildman–Crippen MR) is 84.9 cm³/mol. The number of piperazine rings is 1. The minimum atomic E-state index is 0.313. The van der Waals surface area contributed by atoms with E-state index in [0.29, 0.717) is 24.5 Å². The first-order valence-corrected chi connectivity index (χ1v) is 8.33. The smallest absolute Gasteiger partial charge is 0.236 e. The maximum absolute atomic E-state index is 12.5. The fraction of sp³-hybridized carbons (Fsp3) is 0.938.